The van der Waals surface area contributed by atoms with Gasteiger partial charge >= 0.3 is 0 Å². The molecule has 5 nitrogen and oxygen atoms in total. The second-order valence-electron chi connectivity index (χ2n) is 4.40. The topological polar surface area (TPSA) is 69.7 Å². The molecular weight excluding hydrogens is 294 g/mol. The van der Waals surface area contributed by atoms with Crippen LogP contribution in [0.2, 0.25) is 0 Å². The van der Waals surface area contributed by atoms with Gasteiger partial charge in [-0.15, -0.1) is 23.1 Å². The van der Waals surface area contributed by atoms with Crippen LogP contribution in [0.25, 0.3) is 10.2 Å². The molecule has 0 amide bonds. The molecule has 1 unspecified atom stereocenters. The average Bonchev–Trinajstić information content (AvgIpc) is 3.06. The van der Waals surface area contributed by atoms with Crippen LogP contribution >= 0.6 is 23.1 Å². The first-order chi connectivity index (χ1) is 9.71. The summed E-state index contributed by atoms with van der Waals surface area (Å²) in [5.74, 6) is 0.847. The van der Waals surface area contributed by atoms with Crippen LogP contribution in [-0.4, -0.2) is 42.3 Å². The Labute approximate surface area is 125 Å². The van der Waals surface area contributed by atoms with Crippen LogP contribution < -0.4 is 5.73 Å². The third-order valence-electron chi connectivity index (χ3n) is 3.05. The molecule has 0 spiro atoms. The van der Waals surface area contributed by atoms with Crippen LogP contribution in [0.1, 0.15) is 5.01 Å². The summed E-state index contributed by atoms with van der Waals surface area (Å²) in [6, 6.07) is 5.77. The van der Waals surface area contributed by atoms with Gasteiger partial charge in [-0.3, -0.25) is 4.99 Å². The van der Waals surface area contributed by atoms with Crippen molar-refractivity contribution in [2.24, 2.45) is 4.99 Å². The third kappa shape index (κ3) is 2.54. The Hall–Kier alpha value is -1.15. The van der Waals surface area contributed by atoms with E-state index in [0.29, 0.717) is 0 Å². The van der Waals surface area contributed by atoms with E-state index in [9.17, 15) is 0 Å². The second kappa shape index (κ2) is 5.69. The molecule has 1 aliphatic heterocycles. The minimum atomic E-state index is -0.301. The fourth-order valence-corrected chi connectivity index (χ4v) is 4.24. The molecule has 1 atom stereocenters. The SMILES string of the molecule is COC(OC)C1CSC(c2nc3ccc(N)cc3s2)=N1. The number of benzene rings is 1. The number of hydrogen-bond acceptors (Lipinski definition) is 7. The summed E-state index contributed by atoms with van der Waals surface area (Å²) >= 11 is 3.30. The highest BCUT2D eigenvalue weighted by Gasteiger charge is 2.28. The molecule has 0 aliphatic carbocycles. The Balaban J connectivity index is 1.89. The van der Waals surface area contributed by atoms with Gasteiger partial charge in [-0.25, -0.2) is 4.98 Å². The van der Waals surface area contributed by atoms with Crippen molar-refractivity contribution in [3.63, 3.8) is 0 Å². The lowest BCUT2D eigenvalue weighted by molar-refractivity contribution is -0.111. The zero-order valence-electron chi connectivity index (χ0n) is 11.2. The summed E-state index contributed by atoms with van der Waals surface area (Å²) in [4.78, 5) is 9.28. The number of nitrogens with two attached hydrogens (primary N) is 1. The highest BCUT2D eigenvalue weighted by molar-refractivity contribution is 8.15. The number of aromatic nitrogens is 1. The summed E-state index contributed by atoms with van der Waals surface area (Å²) in [6.45, 7) is 0. The molecule has 0 fully saturated rings. The minimum Gasteiger partial charge on any atom is -0.399 e. The maximum absolute atomic E-state index is 5.79. The summed E-state index contributed by atoms with van der Waals surface area (Å²) in [5, 5.41) is 1.89. The normalized spacial score (nSPS) is 18.9. The Bertz CT molecular complexity index is 652. The molecule has 20 heavy (non-hydrogen) atoms. The van der Waals surface area contributed by atoms with Gasteiger partial charge in [0.2, 0.25) is 0 Å². The number of aliphatic imine (C=N–C) groups is 1. The number of hydrogen-bond donors (Lipinski definition) is 1. The van der Waals surface area contributed by atoms with Crippen LogP contribution in [-0.2, 0) is 9.47 Å². The van der Waals surface area contributed by atoms with Crippen molar-refractivity contribution in [3.05, 3.63) is 23.2 Å². The molecule has 1 aliphatic rings. The van der Waals surface area contributed by atoms with Crippen molar-refractivity contribution in [1.29, 1.82) is 0 Å². The van der Waals surface area contributed by atoms with Crippen LogP contribution in [0.3, 0.4) is 0 Å². The number of ether oxygens (including phenoxy) is 2. The molecule has 0 saturated heterocycles. The van der Waals surface area contributed by atoms with Gasteiger partial charge in [-0.05, 0) is 18.2 Å². The predicted octanol–water partition coefficient (Wildman–Crippen LogP) is 2.36. The lowest BCUT2D eigenvalue weighted by atomic mass is 10.3. The molecule has 2 heterocycles. The number of nitrogens with zero attached hydrogens (tertiary/aromatic N) is 2. The van der Waals surface area contributed by atoms with Gasteiger partial charge in [0.05, 0.1) is 10.2 Å². The van der Waals surface area contributed by atoms with Gasteiger partial charge in [0.15, 0.2) is 6.29 Å². The first-order valence-corrected chi connectivity index (χ1v) is 7.94. The summed E-state index contributed by atoms with van der Waals surface area (Å²) < 4.78 is 11.6. The van der Waals surface area contributed by atoms with E-state index >= 15 is 0 Å². The van der Waals surface area contributed by atoms with Gasteiger partial charge in [-0.1, -0.05) is 0 Å². The van der Waals surface area contributed by atoms with Crippen molar-refractivity contribution in [3.8, 4) is 0 Å². The van der Waals surface area contributed by atoms with Gasteiger partial charge in [0.1, 0.15) is 16.1 Å². The van der Waals surface area contributed by atoms with Crippen molar-refractivity contribution in [1.82, 2.24) is 4.98 Å². The fraction of sp³-hybridized carbons (Fsp3) is 0.385. The minimum absolute atomic E-state index is 0.0158. The lowest BCUT2D eigenvalue weighted by Crippen LogP contribution is -2.28. The monoisotopic (exact) mass is 309 g/mol. The standard InChI is InChI=1S/C13H15N3O2S2/c1-17-13(18-2)9-6-19-11(16-9)12-15-8-4-3-7(14)5-10(8)20-12/h3-5,9,13H,6,14H2,1-2H3. The highest BCUT2D eigenvalue weighted by Crippen LogP contribution is 2.31. The number of thiazole rings is 1. The molecule has 1 aromatic heterocycles. The Morgan fingerprint density at radius 2 is 2.15 bits per heavy atom. The van der Waals surface area contributed by atoms with Crippen molar-refractivity contribution in [2.75, 3.05) is 25.7 Å². The average molecular weight is 309 g/mol. The Kier molecular flexibility index (Phi) is 3.93. The Morgan fingerprint density at radius 1 is 1.35 bits per heavy atom. The zero-order chi connectivity index (χ0) is 14.1. The fourth-order valence-electron chi connectivity index (χ4n) is 2.09. The largest absolute Gasteiger partial charge is 0.399 e. The smallest absolute Gasteiger partial charge is 0.179 e. The van der Waals surface area contributed by atoms with E-state index in [1.165, 1.54) is 0 Å². The molecule has 2 N–H and O–H groups in total. The molecule has 3 rings (SSSR count). The van der Waals surface area contributed by atoms with Crippen molar-refractivity contribution >= 4 is 44.0 Å². The third-order valence-corrected chi connectivity index (χ3v) is 5.28. The van der Waals surface area contributed by atoms with Gasteiger partial charge in [-0.2, -0.15) is 0 Å². The number of anilines is 1. The predicted molar refractivity (Wildman–Crippen MR) is 84.6 cm³/mol. The number of methoxy groups -OCH3 is 2. The highest BCUT2D eigenvalue weighted by atomic mass is 32.2. The molecule has 106 valence electrons. The lowest BCUT2D eigenvalue weighted by Gasteiger charge is -2.16. The van der Waals surface area contributed by atoms with E-state index in [4.69, 9.17) is 15.2 Å². The first-order valence-electron chi connectivity index (χ1n) is 6.14. The maximum atomic E-state index is 5.79. The van der Waals surface area contributed by atoms with Gasteiger partial charge in [0, 0.05) is 25.7 Å². The molecule has 7 heteroatoms. The molecular formula is C13H15N3O2S2. The zero-order valence-corrected chi connectivity index (χ0v) is 12.8. The second-order valence-corrected chi connectivity index (χ2v) is 6.44. The van der Waals surface area contributed by atoms with Gasteiger partial charge in [0.25, 0.3) is 0 Å². The van der Waals surface area contributed by atoms with Crippen molar-refractivity contribution in [2.45, 2.75) is 12.3 Å². The van der Waals surface area contributed by atoms with Crippen LogP contribution in [0.15, 0.2) is 23.2 Å². The van der Waals surface area contributed by atoms with Crippen LogP contribution in [0, 0.1) is 0 Å². The van der Waals surface area contributed by atoms with E-state index in [1.807, 2.05) is 18.2 Å². The number of thioether (sulfide) groups is 1. The number of fused-ring (bicyclic) bond motifs is 1. The van der Waals surface area contributed by atoms with Gasteiger partial charge < -0.3 is 15.2 Å². The molecule has 0 bridgehead atoms. The van der Waals surface area contributed by atoms with Crippen molar-refractivity contribution < 1.29 is 9.47 Å². The van der Waals surface area contributed by atoms with E-state index in [2.05, 4.69) is 9.98 Å². The summed E-state index contributed by atoms with van der Waals surface area (Å²) in [5.41, 5.74) is 7.51. The summed E-state index contributed by atoms with van der Waals surface area (Å²) in [7, 11) is 3.26. The summed E-state index contributed by atoms with van der Waals surface area (Å²) in [6.07, 6.45) is -0.301. The van der Waals surface area contributed by atoms with E-state index < -0.39 is 0 Å². The number of nitrogen functional groups attached to an aromatic ring is 1. The Morgan fingerprint density at radius 3 is 2.90 bits per heavy atom. The van der Waals surface area contributed by atoms with Crippen LogP contribution in [0.5, 0.6) is 0 Å². The molecule has 0 radical (unpaired) electrons. The quantitative estimate of drug-likeness (QED) is 0.693. The van der Waals surface area contributed by atoms with Crippen LogP contribution in [0.4, 0.5) is 5.69 Å². The molecule has 2 aromatic rings. The first kappa shape index (κ1) is 13.8. The molecule has 1 aromatic carbocycles. The van der Waals surface area contributed by atoms with E-state index in [0.717, 1.165) is 31.7 Å². The maximum Gasteiger partial charge on any atom is 0.179 e. The van der Waals surface area contributed by atoms with E-state index in [1.54, 1.807) is 37.3 Å². The number of rotatable bonds is 4. The molecule has 0 saturated carbocycles. The van der Waals surface area contributed by atoms with E-state index in [-0.39, 0.29) is 12.3 Å².